The first-order chi connectivity index (χ1) is 12.0. The SMILES string of the molecule is Cc1cc(C(=O)NCc2ccccc2CN2C[C@@H](C)C[C@H](C)C2)on1. The van der Waals surface area contributed by atoms with Crippen LogP contribution in [0.3, 0.4) is 0 Å². The van der Waals surface area contributed by atoms with Crippen molar-refractivity contribution < 1.29 is 9.32 Å². The van der Waals surface area contributed by atoms with Crippen LogP contribution >= 0.6 is 0 Å². The fourth-order valence-corrected chi connectivity index (χ4v) is 3.78. The number of likely N-dealkylation sites (tertiary alicyclic amines) is 1. The van der Waals surface area contributed by atoms with Gasteiger partial charge in [-0.1, -0.05) is 43.3 Å². The molecule has 25 heavy (non-hydrogen) atoms. The highest BCUT2D eigenvalue weighted by Gasteiger charge is 2.22. The van der Waals surface area contributed by atoms with Crippen LogP contribution in [0.4, 0.5) is 0 Å². The summed E-state index contributed by atoms with van der Waals surface area (Å²) in [6, 6.07) is 9.97. The van der Waals surface area contributed by atoms with Gasteiger partial charge in [-0.05, 0) is 36.3 Å². The van der Waals surface area contributed by atoms with E-state index in [0.717, 1.165) is 37.0 Å². The highest BCUT2D eigenvalue weighted by atomic mass is 16.5. The van der Waals surface area contributed by atoms with Crippen LogP contribution in [-0.2, 0) is 13.1 Å². The molecule has 2 heterocycles. The smallest absolute Gasteiger partial charge is 0.290 e. The van der Waals surface area contributed by atoms with E-state index in [0.29, 0.717) is 12.2 Å². The average molecular weight is 341 g/mol. The number of carbonyl (C=O) groups is 1. The van der Waals surface area contributed by atoms with Crippen molar-refractivity contribution in [3.05, 3.63) is 52.9 Å². The molecule has 2 atom stereocenters. The fourth-order valence-electron chi connectivity index (χ4n) is 3.78. The van der Waals surface area contributed by atoms with Crippen molar-refractivity contribution >= 4 is 5.91 Å². The molecule has 1 aromatic carbocycles. The van der Waals surface area contributed by atoms with Crippen molar-refractivity contribution in [2.24, 2.45) is 11.8 Å². The minimum atomic E-state index is -0.226. The van der Waals surface area contributed by atoms with Crippen molar-refractivity contribution in [1.29, 1.82) is 0 Å². The Morgan fingerprint density at radius 1 is 1.24 bits per heavy atom. The Bertz CT molecular complexity index is 715. The van der Waals surface area contributed by atoms with Crippen molar-refractivity contribution in [3.63, 3.8) is 0 Å². The third-order valence-electron chi connectivity index (χ3n) is 4.75. The van der Waals surface area contributed by atoms with Gasteiger partial charge < -0.3 is 9.84 Å². The number of hydrogen-bond acceptors (Lipinski definition) is 4. The number of carbonyl (C=O) groups excluding carboxylic acids is 1. The second-order valence-corrected chi connectivity index (χ2v) is 7.42. The number of rotatable bonds is 5. The molecule has 0 radical (unpaired) electrons. The summed E-state index contributed by atoms with van der Waals surface area (Å²) < 4.78 is 5.02. The molecule has 0 aliphatic carbocycles. The number of aryl methyl sites for hydroxylation is 1. The molecule has 1 aliphatic rings. The van der Waals surface area contributed by atoms with E-state index in [1.54, 1.807) is 13.0 Å². The second kappa shape index (κ2) is 7.83. The Morgan fingerprint density at radius 3 is 2.56 bits per heavy atom. The van der Waals surface area contributed by atoms with Gasteiger partial charge >= 0.3 is 0 Å². The van der Waals surface area contributed by atoms with Crippen LogP contribution in [0.1, 0.15) is 47.6 Å². The Balaban J connectivity index is 1.63. The summed E-state index contributed by atoms with van der Waals surface area (Å²) in [5, 5.41) is 6.69. The first kappa shape index (κ1) is 17.7. The molecule has 5 nitrogen and oxygen atoms in total. The van der Waals surface area contributed by atoms with Gasteiger partial charge in [-0.25, -0.2) is 0 Å². The molecule has 1 amide bonds. The molecule has 3 rings (SSSR count). The molecular formula is C20H27N3O2. The summed E-state index contributed by atoms with van der Waals surface area (Å²) in [6.07, 6.45) is 1.31. The normalized spacial score (nSPS) is 21.2. The van der Waals surface area contributed by atoms with Crippen molar-refractivity contribution in [3.8, 4) is 0 Å². The maximum atomic E-state index is 12.2. The standard InChI is InChI=1S/C20H27N3O2/c1-14-8-15(2)12-23(11-14)13-18-7-5-4-6-17(18)10-21-20(24)19-9-16(3)22-25-19/h4-7,9,14-15H,8,10-13H2,1-3H3,(H,21,24)/t14-,15-/m0/s1. The first-order valence-electron chi connectivity index (χ1n) is 9.02. The minimum Gasteiger partial charge on any atom is -0.351 e. The molecule has 1 aromatic heterocycles. The summed E-state index contributed by atoms with van der Waals surface area (Å²) in [7, 11) is 0. The van der Waals surface area contributed by atoms with Crippen LogP contribution < -0.4 is 5.32 Å². The van der Waals surface area contributed by atoms with Crippen LogP contribution in [-0.4, -0.2) is 29.1 Å². The summed E-state index contributed by atoms with van der Waals surface area (Å²) >= 11 is 0. The molecule has 5 heteroatoms. The lowest BCUT2D eigenvalue weighted by atomic mass is 9.91. The Kier molecular flexibility index (Phi) is 5.53. The van der Waals surface area contributed by atoms with Gasteiger partial charge in [0.1, 0.15) is 0 Å². The molecule has 1 saturated heterocycles. The van der Waals surface area contributed by atoms with E-state index in [4.69, 9.17) is 4.52 Å². The quantitative estimate of drug-likeness (QED) is 0.906. The zero-order valence-electron chi connectivity index (χ0n) is 15.3. The highest BCUT2D eigenvalue weighted by Crippen LogP contribution is 2.23. The van der Waals surface area contributed by atoms with Crippen LogP contribution in [0.15, 0.2) is 34.9 Å². The molecule has 1 fully saturated rings. The Labute approximate surface area is 149 Å². The van der Waals surface area contributed by atoms with Gasteiger partial charge in [0.2, 0.25) is 5.76 Å². The van der Waals surface area contributed by atoms with Crippen molar-refractivity contribution in [2.45, 2.75) is 40.3 Å². The van der Waals surface area contributed by atoms with Gasteiger partial charge in [-0.15, -0.1) is 0 Å². The lowest BCUT2D eigenvalue weighted by Crippen LogP contribution is -2.38. The number of benzene rings is 1. The van der Waals surface area contributed by atoms with Gasteiger partial charge in [0.25, 0.3) is 5.91 Å². The lowest BCUT2D eigenvalue weighted by Gasteiger charge is -2.35. The number of nitrogens with one attached hydrogen (secondary N) is 1. The largest absolute Gasteiger partial charge is 0.351 e. The molecule has 2 aromatic rings. The topological polar surface area (TPSA) is 58.4 Å². The summed E-state index contributed by atoms with van der Waals surface area (Å²) in [5.74, 6) is 1.51. The van der Waals surface area contributed by atoms with Crippen molar-refractivity contribution in [2.75, 3.05) is 13.1 Å². The predicted octanol–water partition coefficient (Wildman–Crippen LogP) is 3.39. The Hall–Kier alpha value is -2.14. The first-order valence-corrected chi connectivity index (χ1v) is 9.02. The second-order valence-electron chi connectivity index (χ2n) is 7.42. The Morgan fingerprint density at radius 2 is 1.92 bits per heavy atom. The number of amides is 1. The number of nitrogens with zero attached hydrogens (tertiary/aromatic N) is 2. The monoisotopic (exact) mass is 341 g/mol. The third kappa shape index (κ3) is 4.69. The fraction of sp³-hybridized carbons (Fsp3) is 0.500. The van der Waals surface area contributed by atoms with E-state index in [1.807, 2.05) is 6.07 Å². The number of piperidine rings is 1. The molecule has 1 aliphatic heterocycles. The van der Waals surface area contributed by atoms with Gasteiger partial charge in [-0.3, -0.25) is 9.69 Å². The molecular weight excluding hydrogens is 314 g/mol. The summed E-state index contributed by atoms with van der Waals surface area (Å²) in [6.45, 7) is 10.2. The van der Waals surface area contributed by atoms with Crippen LogP contribution in [0, 0.1) is 18.8 Å². The van der Waals surface area contributed by atoms with Gasteiger partial charge in [0.05, 0.1) is 5.69 Å². The molecule has 0 saturated carbocycles. The zero-order valence-corrected chi connectivity index (χ0v) is 15.3. The van der Waals surface area contributed by atoms with E-state index in [-0.39, 0.29) is 11.7 Å². The van der Waals surface area contributed by atoms with Crippen LogP contribution in [0.25, 0.3) is 0 Å². The van der Waals surface area contributed by atoms with Crippen LogP contribution in [0.2, 0.25) is 0 Å². The van der Waals surface area contributed by atoms with E-state index in [9.17, 15) is 4.79 Å². The number of hydrogen-bond donors (Lipinski definition) is 1. The molecule has 1 N–H and O–H groups in total. The van der Waals surface area contributed by atoms with E-state index < -0.39 is 0 Å². The average Bonchev–Trinajstić information content (AvgIpc) is 2.99. The number of aromatic nitrogens is 1. The molecule has 0 unspecified atom stereocenters. The van der Waals surface area contributed by atoms with Gasteiger partial charge in [0.15, 0.2) is 0 Å². The molecule has 0 spiro atoms. The maximum absolute atomic E-state index is 12.2. The zero-order chi connectivity index (χ0) is 17.8. The minimum absolute atomic E-state index is 0.226. The van der Waals surface area contributed by atoms with Gasteiger partial charge in [-0.2, -0.15) is 0 Å². The van der Waals surface area contributed by atoms with Gasteiger partial charge in [0, 0.05) is 32.2 Å². The summed E-state index contributed by atoms with van der Waals surface area (Å²) in [4.78, 5) is 14.7. The van der Waals surface area contributed by atoms with Crippen LogP contribution in [0.5, 0.6) is 0 Å². The lowest BCUT2D eigenvalue weighted by molar-refractivity contribution is 0.0913. The summed E-state index contributed by atoms with van der Waals surface area (Å²) in [5.41, 5.74) is 3.13. The predicted molar refractivity (Wildman–Crippen MR) is 97.1 cm³/mol. The highest BCUT2D eigenvalue weighted by molar-refractivity contribution is 5.91. The van der Waals surface area contributed by atoms with Crippen molar-refractivity contribution in [1.82, 2.24) is 15.4 Å². The maximum Gasteiger partial charge on any atom is 0.290 e. The third-order valence-corrected chi connectivity index (χ3v) is 4.75. The van der Waals surface area contributed by atoms with E-state index >= 15 is 0 Å². The molecule has 0 bridgehead atoms. The van der Waals surface area contributed by atoms with E-state index in [1.165, 1.54) is 12.0 Å². The van der Waals surface area contributed by atoms with E-state index in [2.05, 4.69) is 47.4 Å². The molecule has 134 valence electrons.